The predicted molar refractivity (Wildman–Crippen MR) is 23.6 cm³/mol. The van der Waals surface area contributed by atoms with Gasteiger partial charge in [0.1, 0.15) is 0 Å². The Bertz CT molecular complexity index is 63.2. The Morgan fingerprint density at radius 1 is 1.67 bits per heavy atom. The monoisotopic (exact) mass is 106 g/mol. The molecule has 1 aliphatic rings. The standard InChI is InChI=1S/C3H6O2S/c4-6-3-1-2-5-6/h1-3H2. The van der Waals surface area contributed by atoms with Gasteiger partial charge in [0, 0.05) is 0 Å². The molecule has 36 valence electrons. The van der Waals surface area contributed by atoms with Crippen molar-refractivity contribution in [1.82, 2.24) is 0 Å². The molecule has 1 rings (SSSR count). The molecule has 1 fully saturated rings. The molecule has 2 nitrogen and oxygen atoms in total. The van der Waals surface area contributed by atoms with Gasteiger partial charge < -0.3 is 0 Å². The van der Waals surface area contributed by atoms with Gasteiger partial charge in [0.15, 0.2) is 11.1 Å². The maximum atomic E-state index is 10.1. The SMILES string of the molecule is O=S1CCCO1. The van der Waals surface area contributed by atoms with Gasteiger partial charge in [-0.05, 0) is 6.42 Å². The highest BCUT2D eigenvalue weighted by Gasteiger charge is 2.06. The minimum atomic E-state index is -0.923. The number of hydrogen-bond acceptors (Lipinski definition) is 2. The molecule has 0 aromatic carbocycles. The summed E-state index contributed by atoms with van der Waals surface area (Å²) in [4.78, 5) is 0. The van der Waals surface area contributed by atoms with Crippen molar-refractivity contribution in [2.24, 2.45) is 0 Å². The lowest BCUT2D eigenvalue weighted by molar-refractivity contribution is 0.382. The second-order valence-corrected chi connectivity index (χ2v) is 2.43. The molecule has 0 aliphatic carbocycles. The molecule has 1 atom stereocenters. The van der Waals surface area contributed by atoms with Crippen LogP contribution >= 0.6 is 0 Å². The summed E-state index contributed by atoms with van der Waals surface area (Å²) in [6.45, 7) is 0.687. The fourth-order valence-corrected chi connectivity index (χ4v) is 1.16. The maximum Gasteiger partial charge on any atom is 0.155 e. The number of rotatable bonds is 0. The van der Waals surface area contributed by atoms with Crippen LogP contribution in [0.25, 0.3) is 0 Å². The molecule has 3 heteroatoms. The van der Waals surface area contributed by atoms with E-state index in [-0.39, 0.29) is 0 Å². The highest BCUT2D eigenvalue weighted by molar-refractivity contribution is 7.80. The van der Waals surface area contributed by atoms with Crippen LogP contribution in [0, 0.1) is 0 Å². The van der Waals surface area contributed by atoms with E-state index in [2.05, 4.69) is 4.18 Å². The Morgan fingerprint density at radius 3 is 2.67 bits per heavy atom. The fraction of sp³-hybridized carbons (Fsp3) is 1.00. The van der Waals surface area contributed by atoms with Gasteiger partial charge in [0.2, 0.25) is 0 Å². The molecule has 1 aliphatic heterocycles. The van der Waals surface area contributed by atoms with E-state index in [1.165, 1.54) is 0 Å². The van der Waals surface area contributed by atoms with Crippen LogP contribution in [-0.4, -0.2) is 16.6 Å². The van der Waals surface area contributed by atoms with Gasteiger partial charge in [-0.15, -0.1) is 0 Å². The van der Waals surface area contributed by atoms with Gasteiger partial charge in [-0.25, -0.2) is 4.21 Å². The quantitative estimate of drug-likeness (QED) is 0.437. The Kier molecular flexibility index (Phi) is 1.22. The van der Waals surface area contributed by atoms with E-state index in [9.17, 15) is 4.21 Å². The van der Waals surface area contributed by atoms with Crippen molar-refractivity contribution in [2.75, 3.05) is 12.4 Å². The predicted octanol–water partition coefficient (Wildman–Crippen LogP) is 0.0704. The first kappa shape index (κ1) is 4.27. The van der Waals surface area contributed by atoms with Gasteiger partial charge in [-0.2, -0.15) is 0 Å². The average molecular weight is 106 g/mol. The van der Waals surface area contributed by atoms with E-state index in [0.717, 1.165) is 12.2 Å². The summed E-state index contributed by atoms with van der Waals surface area (Å²) >= 11 is -0.923. The summed E-state index contributed by atoms with van der Waals surface area (Å²) in [5.41, 5.74) is 0. The molecule has 1 heterocycles. The summed E-state index contributed by atoms with van der Waals surface area (Å²) in [5, 5.41) is 0. The third kappa shape index (κ3) is 0.786. The molecule has 0 amide bonds. The first-order valence-corrected chi connectivity index (χ1v) is 3.15. The molecule has 1 unspecified atom stereocenters. The molecule has 0 saturated carbocycles. The van der Waals surface area contributed by atoms with Crippen LogP contribution < -0.4 is 0 Å². The highest BCUT2D eigenvalue weighted by Crippen LogP contribution is 1.99. The van der Waals surface area contributed by atoms with Crippen LogP contribution in [0.15, 0.2) is 0 Å². The molecule has 0 bridgehead atoms. The second kappa shape index (κ2) is 1.71. The minimum absolute atomic E-state index is 0.687. The Labute approximate surface area is 39.2 Å². The van der Waals surface area contributed by atoms with Crippen LogP contribution in [0.3, 0.4) is 0 Å². The van der Waals surface area contributed by atoms with Crippen molar-refractivity contribution >= 4 is 11.1 Å². The second-order valence-electron chi connectivity index (χ2n) is 1.18. The zero-order valence-corrected chi connectivity index (χ0v) is 4.16. The van der Waals surface area contributed by atoms with Crippen LogP contribution in [0.4, 0.5) is 0 Å². The van der Waals surface area contributed by atoms with Gasteiger partial charge in [-0.3, -0.25) is 4.18 Å². The first-order valence-electron chi connectivity index (χ1n) is 1.91. The van der Waals surface area contributed by atoms with Gasteiger partial charge in [0.25, 0.3) is 0 Å². The molecule has 0 aromatic heterocycles. The lowest BCUT2D eigenvalue weighted by Gasteiger charge is -1.78. The zero-order chi connectivity index (χ0) is 4.41. The third-order valence-electron chi connectivity index (χ3n) is 0.670. The van der Waals surface area contributed by atoms with Crippen LogP contribution in [0.5, 0.6) is 0 Å². The molecule has 0 N–H and O–H groups in total. The van der Waals surface area contributed by atoms with Crippen molar-refractivity contribution in [3.8, 4) is 0 Å². The molecule has 0 spiro atoms. The van der Waals surface area contributed by atoms with E-state index in [1.807, 2.05) is 0 Å². The first-order chi connectivity index (χ1) is 2.89. The Morgan fingerprint density at radius 2 is 2.50 bits per heavy atom. The smallest absolute Gasteiger partial charge is 0.155 e. The summed E-state index contributed by atoms with van der Waals surface area (Å²) < 4.78 is 14.8. The van der Waals surface area contributed by atoms with Crippen molar-refractivity contribution in [3.05, 3.63) is 0 Å². The van der Waals surface area contributed by atoms with Crippen LogP contribution in [-0.2, 0) is 15.3 Å². The zero-order valence-electron chi connectivity index (χ0n) is 3.35. The minimum Gasteiger partial charge on any atom is -0.291 e. The maximum absolute atomic E-state index is 10.1. The fourth-order valence-electron chi connectivity index (χ4n) is 0.388. The Hall–Kier alpha value is 0.110. The third-order valence-corrected chi connectivity index (χ3v) is 1.72. The van der Waals surface area contributed by atoms with Gasteiger partial charge >= 0.3 is 0 Å². The summed E-state index contributed by atoms with van der Waals surface area (Å²) in [6.07, 6.45) is 0.965. The Balaban J connectivity index is 2.37. The van der Waals surface area contributed by atoms with Gasteiger partial charge in [0.05, 0.1) is 12.4 Å². The lowest BCUT2D eigenvalue weighted by Crippen LogP contribution is -1.83. The molecule has 6 heavy (non-hydrogen) atoms. The van der Waals surface area contributed by atoms with Crippen molar-refractivity contribution in [2.45, 2.75) is 6.42 Å². The molecular formula is C3H6O2S. The van der Waals surface area contributed by atoms with Crippen molar-refractivity contribution in [1.29, 1.82) is 0 Å². The van der Waals surface area contributed by atoms with E-state index < -0.39 is 11.1 Å². The lowest BCUT2D eigenvalue weighted by atomic mass is 10.5. The molecule has 0 aromatic rings. The number of hydrogen-bond donors (Lipinski definition) is 0. The molecule has 1 saturated heterocycles. The van der Waals surface area contributed by atoms with Crippen LogP contribution in [0.2, 0.25) is 0 Å². The summed E-state index contributed by atoms with van der Waals surface area (Å²) in [7, 11) is 0. The molecular weight excluding hydrogens is 100 g/mol. The van der Waals surface area contributed by atoms with Gasteiger partial charge in [-0.1, -0.05) is 0 Å². The van der Waals surface area contributed by atoms with Crippen molar-refractivity contribution < 1.29 is 8.39 Å². The van der Waals surface area contributed by atoms with E-state index in [4.69, 9.17) is 0 Å². The van der Waals surface area contributed by atoms with E-state index in [0.29, 0.717) is 6.61 Å². The molecule has 0 radical (unpaired) electrons. The topological polar surface area (TPSA) is 26.3 Å². The summed E-state index contributed by atoms with van der Waals surface area (Å²) in [5.74, 6) is 0.736. The normalized spacial score (nSPS) is 34.3. The van der Waals surface area contributed by atoms with E-state index >= 15 is 0 Å². The highest BCUT2D eigenvalue weighted by atomic mass is 32.2. The van der Waals surface area contributed by atoms with E-state index in [1.54, 1.807) is 0 Å². The average Bonchev–Trinajstić information content (AvgIpc) is 1.86. The largest absolute Gasteiger partial charge is 0.291 e. The van der Waals surface area contributed by atoms with Crippen molar-refractivity contribution in [3.63, 3.8) is 0 Å². The summed E-state index contributed by atoms with van der Waals surface area (Å²) in [6, 6.07) is 0. The van der Waals surface area contributed by atoms with Crippen LogP contribution in [0.1, 0.15) is 6.42 Å².